The van der Waals surface area contributed by atoms with Gasteiger partial charge in [-0.25, -0.2) is 18.0 Å². The van der Waals surface area contributed by atoms with Crippen molar-refractivity contribution in [3.05, 3.63) is 64.0 Å². The number of rotatable bonds is 13. The summed E-state index contributed by atoms with van der Waals surface area (Å²) in [5.74, 6) is 0.564. The van der Waals surface area contributed by atoms with E-state index < -0.39 is 10.0 Å². The number of fused-ring (bicyclic) bond motifs is 1. The highest BCUT2D eigenvalue weighted by Crippen LogP contribution is 2.44. The molecular weight excluding hydrogens is 528 g/mol. The molecule has 11 heteroatoms. The Hall–Kier alpha value is -2.23. The summed E-state index contributed by atoms with van der Waals surface area (Å²) >= 11 is 6.36. The summed E-state index contributed by atoms with van der Waals surface area (Å²) in [6.07, 6.45) is 3.94. The standard InChI is InChI=1S/C27H35ClN4O5S/c1-30-25-18-20(28)17-24-23(25)19-26(32-11-3-2-4-12-32)27(24)37-21-5-7-22(8-6-21)38(33,34)31-10-14-36-16-15-35-13-9-29/h5-8,17-18,26-27,31H,2-4,9-16,19,29H2/t26-,27-/m0/s1. The molecule has 1 saturated heterocycles. The van der Waals surface area contributed by atoms with Gasteiger partial charge >= 0.3 is 0 Å². The molecule has 1 aliphatic heterocycles. The molecule has 0 amide bonds. The van der Waals surface area contributed by atoms with Crippen LogP contribution < -0.4 is 15.2 Å². The molecule has 0 radical (unpaired) electrons. The molecule has 3 N–H and O–H groups in total. The van der Waals surface area contributed by atoms with Crippen molar-refractivity contribution in [3.63, 3.8) is 0 Å². The number of hydrogen-bond acceptors (Lipinski definition) is 7. The van der Waals surface area contributed by atoms with Crippen LogP contribution in [0.4, 0.5) is 5.69 Å². The summed E-state index contributed by atoms with van der Waals surface area (Å²) in [6.45, 7) is 11.7. The van der Waals surface area contributed by atoms with E-state index in [1.807, 2.05) is 6.07 Å². The van der Waals surface area contributed by atoms with Gasteiger partial charge in [0.1, 0.15) is 11.9 Å². The summed E-state index contributed by atoms with van der Waals surface area (Å²) < 4.78 is 45.0. The molecule has 1 heterocycles. The third-order valence-corrected chi connectivity index (χ3v) is 8.54. The second kappa shape index (κ2) is 13.7. The van der Waals surface area contributed by atoms with E-state index in [2.05, 4.69) is 14.5 Å². The predicted molar refractivity (Wildman–Crippen MR) is 146 cm³/mol. The Labute approximate surface area is 230 Å². The molecule has 0 unspecified atom stereocenters. The quantitative estimate of drug-likeness (QED) is 0.283. The van der Waals surface area contributed by atoms with Crippen molar-refractivity contribution in [2.75, 3.05) is 52.6 Å². The molecule has 206 valence electrons. The molecule has 2 aromatic carbocycles. The summed E-state index contributed by atoms with van der Waals surface area (Å²) in [6, 6.07) is 10.1. The zero-order valence-electron chi connectivity index (χ0n) is 21.4. The van der Waals surface area contributed by atoms with Crippen LogP contribution in [0.2, 0.25) is 5.02 Å². The van der Waals surface area contributed by atoms with Crippen LogP contribution in [0.15, 0.2) is 41.3 Å². The molecule has 2 atom stereocenters. The average molecular weight is 563 g/mol. The van der Waals surface area contributed by atoms with E-state index in [9.17, 15) is 8.42 Å². The molecule has 2 aromatic rings. The SMILES string of the molecule is [C-]#[N+]c1cc(Cl)cc2c1C[C@H](N1CCCCC1)[C@H]2Oc1ccc(S(=O)(=O)NCCOCCOCCN)cc1. The second-order valence-corrected chi connectivity index (χ2v) is 11.6. The summed E-state index contributed by atoms with van der Waals surface area (Å²) in [5, 5.41) is 0.516. The van der Waals surface area contributed by atoms with E-state index in [4.69, 9.17) is 38.1 Å². The highest BCUT2D eigenvalue weighted by molar-refractivity contribution is 7.89. The van der Waals surface area contributed by atoms with E-state index in [1.165, 1.54) is 18.6 Å². The molecule has 1 aliphatic carbocycles. The van der Waals surface area contributed by atoms with Crippen LogP contribution in [0.1, 0.15) is 36.5 Å². The number of hydrogen-bond donors (Lipinski definition) is 2. The van der Waals surface area contributed by atoms with E-state index in [0.717, 1.165) is 43.5 Å². The van der Waals surface area contributed by atoms with E-state index in [1.54, 1.807) is 18.2 Å². The second-order valence-electron chi connectivity index (χ2n) is 9.39. The monoisotopic (exact) mass is 562 g/mol. The van der Waals surface area contributed by atoms with E-state index in [-0.39, 0.29) is 30.2 Å². The van der Waals surface area contributed by atoms with Crippen molar-refractivity contribution in [2.45, 2.75) is 42.7 Å². The van der Waals surface area contributed by atoms with Gasteiger partial charge < -0.3 is 19.9 Å². The number of halogens is 1. The van der Waals surface area contributed by atoms with Gasteiger partial charge in [-0.3, -0.25) is 4.90 Å². The fourth-order valence-electron chi connectivity index (χ4n) is 5.04. The lowest BCUT2D eigenvalue weighted by Gasteiger charge is -2.36. The smallest absolute Gasteiger partial charge is 0.240 e. The lowest BCUT2D eigenvalue weighted by molar-refractivity contribution is 0.0530. The van der Waals surface area contributed by atoms with Crippen LogP contribution in [-0.4, -0.2) is 72.0 Å². The molecule has 9 nitrogen and oxygen atoms in total. The number of sulfonamides is 1. The Morgan fingerprint density at radius 1 is 1.05 bits per heavy atom. The zero-order chi connectivity index (χ0) is 27.0. The lowest BCUT2D eigenvalue weighted by Crippen LogP contribution is -2.43. The average Bonchev–Trinajstić information content (AvgIpc) is 3.28. The minimum Gasteiger partial charge on any atom is -0.484 e. The largest absolute Gasteiger partial charge is 0.484 e. The van der Waals surface area contributed by atoms with Gasteiger partial charge in [-0.05, 0) is 79.9 Å². The Kier molecular flexibility index (Phi) is 10.4. The van der Waals surface area contributed by atoms with Crippen molar-refractivity contribution in [3.8, 4) is 5.75 Å². The number of nitrogens with one attached hydrogen (secondary N) is 1. The Morgan fingerprint density at radius 3 is 2.45 bits per heavy atom. The first-order valence-electron chi connectivity index (χ1n) is 13.0. The third kappa shape index (κ3) is 7.24. The van der Waals surface area contributed by atoms with Gasteiger partial charge in [-0.15, -0.1) is 0 Å². The molecule has 0 aromatic heterocycles. The zero-order valence-corrected chi connectivity index (χ0v) is 23.0. The van der Waals surface area contributed by atoms with Crippen molar-refractivity contribution >= 4 is 27.3 Å². The number of ether oxygens (including phenoxy) is 3. The Bertz CT molecular complexity index is 1210. The predicted octanol–water partition coefficient (Wildman–Crippen LogP) is 3.69. The highest BCUT2D eigenvalue weighted by Gasteiger charge is 2.40. The van der Waals surface area contributed by atoms with Crippen molar-refractivity contribution in [2.24, 2.45) is 5.73 Å². The van der Waals surface area contributed by atoms with Gasteiger partial charge in [0.15, 0.2) is 5.69 Å². The number of nitrogens with two attached hydrogens (primary N) is 1. The van der Waals surface area contributed by atoms with Crippen molar-refractivity contribution in [1.29, 1.82) is 0 Å². The maximum Gasteiger partial charge on any atom is 0.240 e. The number of likely N-dealkylation sites (tertiary alicyclic amines) is 1. The van der Waals surface area contributed by atoms with Gasteiger partial charge in [0, 0.05) is 18.1 Å². The van der Waals surface area contributed by atoms with Crippen LogP contribution in [-0.2, 0) is 25.9 Å². The van der Waals surface area contributed by atoms with Crippen molar-refractivity contribution < 1.29 is 22.6 Å². The van der Waals surface area contributed by atoms with Crippen LogP contribution in [0.5, 0.6) is 5.75 Å². The first-order chi connectivity index (χ1) is 18.4. The van der Waals surface area contributed by atoms with Gasteiger partial charge in [0.2, 0.25) is 10.0 Å². The van der Waals surface area contributed by atoms with Crippen LogP contribution >= 0.6 is 11.6 Å². The van der Waals surface area contributed by atoms with Crippen LogP contribution in [0.25, 0.3) is 4.85 Å². The first-order valence-corrected chi connectivity index (χ1v) is 14.8. The minimum absolute atomic E-state index is 0.0926. The lowest BCUT2D eigenvalue weighted by atomic mass is 10.0. The Balaban J connectivity index is 1.41. The normalized spacial score (nSPS) is 19.7. The van der Waals surface area contributed by atoms with Crippen LogP contribution in [0, 0.1) is 6.57 Å². The molecule has 4 rings (SSSR count). The van der Waals surface area contributed by atoms with Gasteiger partial charge in [0.05, 0.1) is 43.9 Å². The van der Waals surface area contributed by atoms with Crippen molar-refractivity contribution in [1.82, 2.24) is 9.62 Å². The molecule has 0 bridgehead atoms. The minimum atomic E-state index is -3.69. The molecule has 38 heavy (non-hydrogen) atoms. The molecule has 2 aliphatic rings. The maximum atomic E-state index is 12.7. The van der Waals surface area contributed by atoms with Gasteiger partial charge in [-0.2, -0.15) is 0 Å². The molecule has 1 fully saturated rings. The fraction of sp³-hybridized carbons (Fsp3) is 0.519. The number of nitrogens with zero attached hydrogens (tertiary/aromatic N) is 2. The summed E-state index contributed by atoms with van der Waals surface area (Å²) in [4.78, 5) is 6.31. The van der Waals surface area contributed by atoms with E-state index in [0.29, 0.717) is 42.8 Å². The summed E-state index contributed by atoms with van der Waals surface area (Å²) in [7, 11) is -3.69. The highest BCUT2D eigenvalue weighted by atomic mass is 35.5. The maximum absolute atomic E-state index is 12.7. The fourth-order valence-corrected chi connectivity index (χ4v) is 6.27. The first kappa shape index (κ1) is 28.8. The Morgan fingerprint density at radius 2 is 1.76 bits per heavy atom. The molecule has 0 saturated carbocycles. The van der Waals surface area contributed by atoms with Gasteiger partial charge in [0.25, 0.3) is 0 Å². The molecular formula is C27H35ClN4O5S. The number of benzene rings is 2. The topological polar surface area (TPSA) is 107 Å². The van der Waals surface area contributed by atoms with Crippen LogP contribution in [0.3, 0.4) is 0 Å². The molecule has 0 spiro atoms. The number of piperidine rings is 1. The van der Waals surface area contributed by atoms with E-state index >= 15 is 0 Å². The van der Waals surface area contributed by atoms with Gasteiger partial charge in [-0.1, -0.05) is 18.0 Å². The third-order valence-electron chi connectivity index (χ3n) is 6.84. The summed E-state index contributed by atoms with van der Waals surface area (Å²) in [5.41, 5.74) is 7.84.